The molecule has 4 nitrogen and oxygen atoms in total. The molecule has 15 heavy (non-hydrogen) atoms. The Morgan fingerprint density at radius 3 is 2.80 bits per heavy atom. The number of nitrogens with zero attached hydrogens (tertiary/aromatic N) is 2. The van der Waals surface area contributed by atoms with Gasteiger partial charge in [0.2, 0.25) is 5.88 Å². The SMILES string of the molecule is COc1nccc2sc(C(C)(C)N)nc12. The van der Waals surface area contributed by atoms with E-state index in [9.17, 15) is 0 Å². The lowest BCUT2D eigenvalue weighted by Crippen LogP contribution is -2.28. The number of nitrogens with two attached hydrogens (primary N) is 1. The van der Waals surface area contributed by atoms with Crippen molar-refractivity contribution in [1.29, 1.82) is 0 Å². The van der Waals surface area contributed by atoms with Crippen LogP contribution in [-0.2, 0) is 5.54 Å². The third-order valence-electron chi connectivity index (χ3n) is 2.02. The zero-order chi connectivity index (χ0) is 11.1. The fraction of sp³-hybridized carbons (Fsp3) is 0.400. The number of hydrogen-bond donors (Lipinski definition) is 1. The standard InChI is InChI=1S/C10H13N3OS/c1-10(2,11)9-13-7-6(15-9)4-5-12-8(7)14-3/h4-5H,11H2,1-3H3. The van der Waals surface area contributed by atoms with Gasteiger partial charge >= 0.3 is 0 Å². The number of aromatic nitrogens is 2. The smallest absolute Gasteiger partial charge is 0.241 e. The van der Waals surface area contributed by atoms with Crippen LogP contribution < -0.4 is 10.5 Å². The van der Waals surface area contributed by atoms with Gasteiger partial charge in [-0.1, -0.05) is 0 Å². The molecule has 2 heterocycles. The van der Waals surface area contributed by atoms with Crippen molar-refractivity contribution in [3.05, 3.63) is 17.3 Å². The van der Waals surface area contributed by atoms with Gasteiger partial charge in [-0.2, -0.15) is 0 Å². The minimum Gasteiger partial charge on any atom is -0.479 e. The topological polar surface area (TPSA) is 61.0 Å². The molecule has 0 spiro atoms. The van der Waals surface area contributed by atoms with Gasteiger partial charge in [0.1, 0.15) is 10.5 Å². The van der Waals surface area contributed by atoms with Crippen molar-refractivity contribution in [2.24, 2.45) is 5.73 Å². The number of hydrogen-bond acceptors (Lipinski definition) is 5. The summed E-state index contributed by atoms with van der Waals surface area (Å²) in [5.74, 6) is 0.555. The average molecular weight is 223 g/mol. The van der Waals surface area contributed by atoms with E-state index in [0.29, 0.717) is 5.88 Å². The third kappa shape index (κ3) is 1.80. The van der Waals surface area contributed by atoms with Gasteiger partial charge in [0.05, 0.1) is 17.3 Å². The monoisotopic (exact) mass is 223 g/mol. The lowest BCUT2D eigenvalue weighted by Gasteiger charge is -2.13. The van der Waals surface area contributed by atoms with E-state index < -0.39 is 5.54 Å². The maximum absolute atomic E-state index is 6.00. The summed E-state index contributed by atoms with van der Waals surface area (Å²) >= 11 is 1.58. The maximum Gasteiger partial charge on any atom is 0.241 e. The summed E-state index contributed by atoms with van der Waals surface area (Å²) in [6, 6.07) is 1.92. The molecule has 0 aliphatic carbocycles. The average Bonchev–Trinajstić information content (AvgIpc) is 2.59. The highest BCUT2D eigenvalue weighted by molar-refractivity contribution is 7.18. The van der Waals surface area contributed by atoms with E-state index in [4.69, 9.17) is 10.5 Å². The van der Waals surface area contributed by atoms with Crippen LogP contribution in [0.25, 0.3) is 10.2 Å². The van der Waals surface area contributed by atoms with Crippen LogP contribution in [-0.4, -0.2) is 17.1 Å². The molecule has 0 aliphatic heterocycles. The summed E-state index contributed by atoms with van der Waals surface area (Å²) in [5, 5.41) is 0.892. The number of fused-ring (bicyclic) bond motifs is 1. The van der Waals surface area contributed by atoms with Crippen molar-refractivity contribution < 1.29 is 4.74 Å². The summed E-state index contributed by atoms with van der Waals surface area (Å²) in [6.45, 7) is 3.87. The van der Waals surface area contributed by atoms with Gasteiger partial charge in [0.25, 0.3) is 0 Å². The minimum atomic E-state index is -0.422. The van der Waals surface area contributed by atoms with Crippen molar-refractivity contribution in [2.45, 2.75) is 19.4 Å². The Morgan fingerprint density at radius 2 is 2.20 bits per heavy atom. The second kappa shape index (κ2) is 3.43. The molecule has 80 valence electrons. The molecule has 0 aromatic carbocycles. The van der Waals surface area contributed by atoms with E-state index >= 15 is 0 Å². The summed E-state index contributed by atoms with van der Waals surface area (Å²) in [7, 11) is 1.59. The molecular weight excluding hydrogens is 210 g/mol. The van der Waals surface area contributed by atoms with Gasteiger partial charge in [-0.3, -0.25) is 0 Å². The first-order valence-electron chi connectivity index (χ1n) is 4.61. The number of ether oxygens (including phenoxy) is 1. The highest BCUT2D eigenvalue weighted by Gasteiger charge is 2.20. The second-order valence-electron chi connectivity index (χ2n) is 3.91. The quantitative estimate of drug-likeness (QED) is 0.844. The van der Waals surface area contributed by atoms with E-state index in [1.807, 2.05) is 19.9 Å². The number of thiazole rings is 1. The minimum absolute atomic E-state index is 0.422. The summed E-state index contributed by atoms with van der Waals surface area (Å²) in [4.78, 5) is 8.56. The van der Waals surface area contributed by atoms with Crippen LogP contribution in [0.15, 0.2) is 12.3 Å². The van der Waals surface area contributed by atoms with Crippen LogP contribution in [0.1, 0.15) is 18.9 Å². The number of methoxy groups -OCH3 is 1. The van der Waals surface area contributed by atoms with Crippen molar-refractivity contribution in [1.82, 2.24) is 9.97 Å². The molecule has 0 amide bonds. The molecule has 0 saturated heterocycles. The van der Waals surface area contributed by atoms with Crippen LogP contribution in [0.5, 0.6) is 5.88 Å². The van der Waals surface area contributed by atoms with E-state index in [1.165, 1.54) is 0 Å². The Labute approximate surface area is 92.1 Å². The van der Waals surface area contributed by atoms with Gasteiger partial charge < -0.3 is 10.5 Å². The molecule has 2 rings (SSSR count). The van der Waals surface area contributed by atoms with Crippen LogP contribution in [0.4, 0.5) is 0 Å². The van der Waals surface area contributed by atoms with Crippen LogP contribution >= 0.6 is 11.3 Å². The van der Waals surface area contributed by atoms with E-state index in [2.05, 4.69) is 9.97 Å². The van der Waals surface area contributed by atoms with Crippen LogP contribution in [0.2, 0.25) is 0 Å². The van der Waals surface area contributed by atoms with Crippen molar-refractivity contribution in [3.8, 4) is 5.88 Å². The number of pyridine rings is 1. The van der Waals surface area contributed by atoms with E-state index in [1.54, 1.807) is 24.6 Å². The number of rotatable bonds is 2. The van der Waals surface area contributed by atoms with Gasteiger partial charge in [0, 0.05) is 6.20 Å². The van der Waals surface area contributed by atoms with Gasteiger partial charge in [-0.15, -0.1) is 11.3 Å². The van der Waals surface area contributed by atoms with Gasteiger partial charge in [-0.05, 0) is 19.9 Å². The Hall–Kier alpha value is -1.20. The molecule has 0 bridgehead atoms. The Bertz CT molecular complexity index is 487. The Balaban J connectivity index is 2.65. The molecule has 5 heteroatoms. The van der Waals surface area contributed by atoms with Crippen LogP contribution in [0, 0.1) is 0 Å². The van der Waals surface area contributed by atoms with Crippen molar-refractivity contribution in [3.63, 3.8) is 0 Å². The normalized spacial score (nSPS) is 12.0. The lowest BCUT2D eigenvalue weighted by atomic mass is 10.1. The largest absolute Gasteiger partial charge is 0.479 e. The fourth-order valence-electron chi connectivity index (χ4n) is 1.26. The molecule has 0 aliphatic rings. The highest BCUT2D eigenvalue weighted by Crippen LogP contribution is 2.31. The highest BCUT2D eigenvalue weighted by atomic mass is 32.1. The lowest BCUT2D eigenvalue weighted by molar-refractivity contribution is 0.402. The Morgan fingerprint density at radius 1 is 1.47 bits per heavy atom. The molecule has 2 N–H and O–H groups in total. The van der Waals surface area contributed by atoms with Crippen LogP contribution in [0.3, 0.4) is 0 Å². The van der Waals surface area contributed by atoms with Gasteiger partial charge in [0.15, 0.2) is 0 Å². The summed E-state index contributed by atoms with van der Waals surface area (Å²) in [5.41, 5.74) is 6.37. The third-order valence-corrected chi connectivity index (χ3v) is 3.38. The molecule has 2 aromatic heterocycles. The maximum atomic E-state index is 6.00. The zero-order valence-corrected chi connectivity index (χ0v) is 9.76. The second-order valence-corrected chi connectivity index (χ2v) is 4.94. The molecule has 0 radical (unpaired) electrons. The predicted molar refractivity (Wildman–Crippen MR) is 61.2 cm³/mol. The van der Waals surface area contributed by atoms with Crippen molar-refractivity contribution >= 4 is 21.6 Å². The first-order chi connectivity index (χ1) is 7.02. The molecule has 0 saturated carbocycles. The van der Waals surface area contributed by atoms with E-state index in [0.717, 1.165) is 15.2 Å². The van der Waals surface area contributed by atoms with Crippen molar-refractivity contribution in [2.75, 3.05) is 7.11 Å². The first kappa shape index (κ1) is 10.3. The zero-order valence-electron chi connectivity index (χ0n) is 8.94. The molecule has 0 atom stereocenters. The first-order valence-corrected chi connectivity index (χ1v) is 5.43. The molecule has 2 aromatic rings. The van der Waals surface area contributed by atoms with Gasteiger partial charge in [-0.25, -0.2) is 9.97 Å². The molecule has 0 unspecified atom stereocenters. The fourth-order valence-corrected chi connectivity index (χ4v) is 2.22. The Kier molecular flexibility index (Phi) is 2.36. The molecular formula is C10H13N3OS. The summed E-state index contributed by atoms with van der Waals surface area (Å²) in [6.07, 6.45) is 1.71. The predicted octanol–water partition coefficient (Wildman–Crippen LogP) is 1.89. The molecule has 0 fully saturated rings. The summed E-state index contributed by atoms with van der Waals surface area (Å²) < 4.78 is 6.20. The van der Waals surface area contributed by atoms with E-state index in [-0.39, 0.29) is 0 Å².